The van der Waals surface area contributed by atoms with E-state index in [4.69, 9.17) is 9.47 Å². The number of nitrogens with one attached hydrogen (secondary N) is 1. The van der Waals surface area contributed by atoms with Gasteiger partial charge in [0.2, 0.25) is 0 Å². The molecule has 0 unspecified atom stereocenters. The molecule has 0 spiro atoms. The van der Waals surface area contributed by atoms with E-state index in [1.165, 1.54) is 19.2 Å². The molecular weight excluding hydrogens is 212 g/mol. The van der Waals surface area contributed by atoms with Crippen LogP contribution in [0.25, 0.3) is 0 Å². The molecule has 0 radical (unpaired) electrons. The van der Waals surface area contributed by atoms with Gasteiger partial charge in [-0.25, -0.2) is 0 Å². The van der Waals surface area contributed by atoms with Crippen LogP contribution in [0.3, 0.4) is 0 Å². The molecule has 1 aromatic carbocycles. The molecule has 0 bridgehead atoms. The number of ether oxygens (including phenoxy) is 2. The third-order valence-electron chi connectivity index (χ3n) is 1.97. The largest absolute Gasteiger partial charge is 0.492 e. The van der Waals surface area contributed by atoms with Crippen LogP contribution in [-0.2, 0) is 0 Å². The summed E-state index contributed by atoms with van der Waals surface area (Å²) in [5.74, 6) is 0.689. The highest BCUT2D eigenvalue weighted by molar-refractivity contribution is 5.50. The number of likely N-dealkylation sites (N-methyl/N-ethyl adjacent to an activating group) is 1. The monoisotopic (exact) mass is 226 g/mol. The van der Waals surface area contributed by atoms with Crippen LogP contribution in [0.15, 0.2) is 18.2 Å². The van der Waals surface area contributed by atoms with Crippen molar-refractivity contribution in [2.24, 2.45) is 0 Å². The minimum absolute atomic E-state index is 0.0931. The van der Waals surface area contributed by atoms with Crippen molar-refractivity contribution in [3.8, 4) is 11.5 Å². The van der Waals surface area contributed by atoms with E-state index in [0.717, 1.165) is 0 Å². The number of nitro benzene ring substituents is 1. The fraction of sp³-hybridized carbons (Fsp3) is 0.400. The molecule has 0 saturated heterocycles. The third-order valence-corrected chi connectivity index (χ3v) is 1.97. The van der Waals surface area contributed by atoms with Crippen molar-refractivity contribution in [1.29, 1.82) is 0 Å². The molecule has 0 aliphatic heterocycles. The first-order chi connectivity index (χ1) is 7.69. The van der Waals surface area contributed by atoms with Crippen molar-refractivity contribution >= 4 is 5.69 Å². The molecule has 0 saturated carbocycles. The SMILES string of the molecule is CNCCOc1ccc(OC)c([N+](=O)[O-])c1. The van der Waals surface area contributed by atoms with Crippen molar-refractivity contribution in [2.45, 2.75) is 0 Å². The Morgan fingerprint density at radius 3 is 2.81 bits per heavy atom. The second-order valence-electron chi connectivity index (χ2n) is 3.04. The number of rotatable bonds is 6. The summed E-state index contributed by atoms with van der Waals surface area (Å²) in [6.45, 7) is 1.14. The van der Waals surface area contributed by atoms with Crippen molar-refractivity contribution in [3.63, 3.8) is 0 Å². The summed E-state index contributed by atoms with van der Waals surface area (Å²) in [4.78, 5) is 10.2. The summed E-state index contributed by atoms with van der Waals surface area (Å²) in [7, 11) is 3.20. The molecule has 1 N–H and O–H groups in total. The summed E-state index contributed by atoms with van der Waals surface area (Å²) in [5.41, 5.74) is -0.0931. The van der Waals surface area contributed by atoms with Crippen LogP contribution in [0.5, 0.6) is 11.5 Å². The van der Waals surface area contributed by atoms with Crippen LogP contribution >= 0.6 is 0 Å². The van der Waals surface area contributed by atoms with Gasteiger partial charge in [-0.3, -0.25) is 10.1 Å². The molecule has 0 heterocycles. The highest BCUT2D eigenvalue weighted by Gasteiger charge is 2.15. The molecule has 0 aliphatic carbocycles. The Morgan fingerprint density at radius 1 is 1.50 bits per heavy atom. The van der Waals surface area contributed by atoms with Crippen LogP contribution in [0.4, 0.5) is 5.69 Å². The van der Waals surface area contributed by atoms with Gasteiger partial charge in [-0.15, -0.1) is 0 Å². The Balaban J connectivity index is 2.81. The number of benzene rings is 1. The Labute approximate surface area is 93.3 Å². The number of methoxy groups -OCH3 is 1. The lowest BCUT2D eigenvalue weighted by Crippen LogP contribution is -2.15. The molecule has 0 aliphatic rings. The first-order valence-electron chi connectivity index (χ1n) is 4.79. The Bertz CT molecular complexity index is 368. The van der Waals surface area contributed by atoms with Gasteiger partial charge in [-0.05, 0) is 19.2 Å². The maximum atomic E-state index is 10.7. The van der Waals surface area contributed by atoms with E-state index in [-0.39, 0.29) is 11.4 Å². The van der Waals surface area contributed by atoms with E-state index in [1.54, 1.807) is 13.1 Å². The van der Waals surface area contributed by atoms with Crippen LogP contribution in [-0.4, -0.2) is 32.2 Å². The molecule has 0 atom stereocenters. The zero-order valence-electron chi connectivity index (χ0n) is 9.23. The molecule has 0 fully saturated rings. The number of hydrogen-bond donors (Lipinski definition) is 1. The minimum atomic E-state index is -0.496. The highest BCUT2D eigenvalue weighted by Crippen LogP contribution is 2.30. The average molecular weight is 226 g/mol. The van der Waals surface area contributed by atoms with Crippen LogP contribution < -0.4 is 14.8 Å². The lowest BCUT2D eigenvalue weighted by Gasteiger charge is -2.07. The van der Waals surface area contributed by atoms with Gasteiger partial charge in [0.05, 0.1) is 18.1 Å². The molecule has 88 valence electrons. The van der Waals surface area contributed by atoms with Gasteiger partial charge in [0.15, 0.2) is 5.75 Å². The number of nitro groups is 1. The second-order valence-corrected chi connectivity index (χ2v) is 3.04. The summed E-state index contributed by atoms with van der Waals surface area (Å²) in [6.07, 6.45) is 0. The van der Waals surface area contributed by atoms with Crippen LogP contribution in [0, 0.1) is 10.1 Å². The molecular formula is C10H14N2O4. The second kappa shape index (κ2) is 5.92. The molecule has 0 aromatic heterocycles. The summed E-state index contributed by atoms with van der Waals surface area (Å²) in [6, 6.07) is 4.52. The molecule has 1 rings (SSSR count). The van der Waals surface area contributed by atoms with E-state index in [2.05, 4.69) is 5.32 Å². The molecule has 0 amide bonds. The normalized spacial score (nSPS) is 9.88. The maximum absolute atomic E-state index is 10.7. The quantitative estimate of drug-likeness (QED) is 0.448. The van der Waals surface area contributed by atoms with Gasteiger partial charge in [0, 0.05) is 6.54 Å². The van der Waals surface area contributed by atoms with E-state index in [9.17, 15) is 10.1 Å². The summed E-state index contributed by atoms with van der Waals surface area (Å²) in [5, 5.41) is 13.6. The van der Waals surface area contributed by atoms with E-state index in [1.807, 2.05) is 0 Å². The van der Waals surface area contributed by atoms with Gasteiger partial charge in [0.25, 0.3) is 0 Å². The summed E-state index contributed by atoms with van der Waals surface area (Å²) < 4.78 is 10.2. The lowest BCUT2D eigenvalue weighted by molar-refractivity contribution is -0.385. The van der Waals surface area contributed by atoms with E-state index >= 15 is 0 Å². The third kappa shape index (κ3) is 3.09. The first-order valence-corrected chi connectivity index (χ1v) is 4.79. The van der Waals surface area contributed by atoms with Gasteiger partial charge >= 0.3 is 5.69 Å². The Hall–Kier alpha value is -1.82. The number of nitrogens with zero attached hydrogens (tertiary/aromatic N) is 1. The van der Waals surface area contributed by atoms with Crippen LogP contribution in [0.1, 0.15) is 0 Å². The molecule has 6 heteroatoms. The van der Waals surface area contributed by atoms with E-state index < -0.39 is 4.92 Å². The van der Waals surface area contributed by atoms with Crippen LogP contribution in [0.2, 0.25) is 0 Å². The minimum Gasteiger partial charge on any atom is -0.492 e. The zero-order chi connectivity index (χ0) is 12.0. The smallest absolute Gasteiger partial charge is 0.314 e. The van der Waals surface area contributed by atoms with Gasteiger partial charge in [0.1, 0.15) is 12.4 Å². The van der Waals surface area contributed by atoms with Crippen molar-refractivity contribution in [2.75, 3.05) is 27.3 Å². The first kappa shape index (κ1) is 12.3. The molecule has 16 heavy (non-hydrogen) atoms. The van der Waals surface area contributed by atoms with E-state index in [0.29, 0.717) is 18.9 Å². The zero-order valence-corrected chi connectivity index (χ0v) is 9.23. The Kier molecular flexibility index (Phi) is 4.53. The van der Waals surface area contributed by atoms with Gasteiger partial charge < -0.3 is 14.8 Å². The van der Waals surface area contributed by atoms with Crippen molar-refractivity contribution in [1.82, 2.24) is 5.32 Å². The van der Waals surface area contributed by atoms with Gasteiger partial charge in [-0.1, -0.05) is 0 Å². The molecule has 6 nitrogen and oxygen atoms in total. The fourth-order valence-electron chi connectivity index (χ4n) is 1.17. The standard InChI is InChI=1S/C10H14N2O4/c1-11-5-6-16-8-3-4-10(15-2)9(7-8)12(13)14/h3-4,7,11H,5-6H2,1-2H3. The number of hydrogen-bond acceptors (Lipinski definition) is 5. The maximum Gasteiger partial charge on any atom is 0.314 e. The Morgan fingerprint density at radius 2 is 2.25 bits per heavy atom. The average Bonchev–Trinajstić information content (AvgIpc) is 2.29. The van der Waals surface area contributed by atoms with Crippen molar-refractivity contribution in [3.05, 3.63) is 28.3 Å². The lowest BCUT2D eigenvalue weighted by atomic mass is 10.3. The van der Waals surface area contributed by atoms with Gasteiger partial charge in [-0.2, -0.15) is 0 Å². The predicted molar refractivity (Wildman–Crippen MR) is 59.1 cm³/mol. The summed E-state index contributed by atoms with van der Waals surface area (Å²) >= 11 is 0. The van der Waals surface area contributed by atoms with Crippen molar-refractivity contribution < 1.29 is 14.4 Å². The predicted octanol–water partition coefficient (Wildman–Crippen LogP) is 1.20. The topological polar surface area (TPSA) is 73.6 Å². The highest BCUT2D eigenvalue weighted by atomic mass is 16.6. The fourth-order valence-corrected chi connectivity index (χ4v) is 1.17. The molecule has 1 aromatic rings.